The third-order valence-electron chi connectivity index (χ3n) is 4.30. The third-order valence-corrected chi connectivity index (χ3v) is 4.53. The van der Waals surface area contributed by atoms with Crippen LogP contribution in [0.25, 0.3) is 5.69 Å². The predicted molar refractivity (Wildman–Crippen MR) is 109 cm³/mol. The Labute approximate surface area is 167 Å². The van der Waals surface area contributed by atoms with E-state index < -0.39 is 5.56 Å². The molecule has 0 radical (unpaired) electrons. The Bertz CT molecular complexity index is 1120. The molecule has 1 aromatic heterocycles. The number of hydrogen-bond donors (Lipinski definition) is 1. The van der Waals surface area contributed by atoms with Crippen molar-refractivity contribution >= 4 is 17.5 Å². The lowest BCUT2D eigenvalue weighted by molar-refractivity contribution is 0.0690. The van der Waals surface area contributed by atoms with Crippen molar-refractivity contribution in [3.63, 3.8) is 0 Å². The van der Waals surface area contributed by atoms with Crippen molar-refractivity contribution in [2.45, 2.75) is 26.4 Å². The smallest absolute Gasteiger partial charge is 0.269 e. The van der Waals surface area contributed by atoms with E-state index in [-0.39, 0.29) is 17.5 Å². The topological polar surface area (TPSA) is 75.2 Å². The fraction of sp³-hybridized carbons (Fsp3) is 0.190. The van der Waals surface area contributed by atoms with Crippen LogP contribution in [-0.2, 0) is 6.54 Å². The fourth-order valence-corrected chi connectivity index (χ4v) is 3.09. The zero-order chi connectivity index (χ0) is 20.3. The summed E-state index contributed by atoms with van der Waals surface area (Å²) >= 11 is 6.06. The highest BCUT2D eigenvalue weighted by atomic mass is 35.5. The zero-order valence-electron chi connectivity index (χ0n) is 15.6. The minimum atomic E-state index is -0.402. The highest BCUT2D eigenvalue weighted by Gasteiger charge is 2.20. The number of H-pyrrole nitrogens is 1. The van der Waals surface area contributed by atoms with Crippen molar-refractivity contribution in [3.8, 4) is 5.69 Å². The summed E-state index contributed by atoms with van der Waals surface area (Å²) in [5.74, 6) is -0.178. The summed E-state index contributed by atoms with van der Waals surface area (Å²) in [6.45, 7) is 4.28. The van der Waals surface area contributed by atoms with E-state index in [1.54, 1.807) is 35.2 Å². The van der Waals surface area contributed by atoms with Gasteiger partial charge in [-0.3, -0.25) is 19.5 Å². The second-order valence-corrected chi connectivity index (χ2v) is 7.13. The van der Waals surface area contributed by atoms with Gasteiger partial charge >= 0.3 is 0 Å². The molecule has 1 heterocycles. The van der Waals surface area contributed by atoms with Crippen molar-refractivity contribution in [1.29, 1.82) is 0 Å². The molecule has 3 rings (SSSR count). The molecule has 0 aliphatic rings. The normalized spacial score (nSPS) is 10.9. The summed E-state index contributed by atoms with van der Waals surface area (Å²) in [5.41, 5.74) is 0.976. The van der Waals surface area contributed by atoms with Crippen LogP contribution in [-0.4, -0.2) is 26.6 Å². The van der Waals surface area contributed by atoms with Gasteiger partial charge in [0.15, 0.2) is 0 Å². The highest BCUT2D eigenvalue weighted by molar-refractivity contribution is 6.30. The second kappa shape index (κ2) is 8.27. The number of carbonyl (C=O) groups excluding carboxylic acids is 1. The van der Waals surface area contributed by atoms with Gasteiger partial charge in [-0.25, -0.2) is 4.68 Å². The van der Waals surface area contributed by atoms with E-state index in [2.05, 4.69) is 5.10 Å². The van der Waals surface area contributed by atoms with E-state index >= 15 is 0 Å². The first-order valence-corrected chi connectivity index (χ1v) is 9.21. The van der Waals surface area contributed by atoms with Crippen LogP contribution < -0.4 is 11.1 Å². The number of halogens is 1. The lowest BCUT2D eigenvalue weighted by Gasteiger charge is -2.27. The summed E-state index contributed by atoms with van der Waals surface area (Å²) in [4.78, 5) is 38.5. The lowest BCUT2D eigenvalue weighted by atomic mass is 10.1. The molecule has 6 nitrogen and oxygen atoms in total. The number of carbonyl (C=O) groups is 1. The Morgan fingerprint density at radius 2 is 1.82 bits per heavy atom. The van der Waals surface area contributed by atoms with Gasteiger partial charge in [0.1, 0.15) is 0 Å². The van der Waals surface area contributed by atoms with Crippen molar-refractivity contribution < 1.29 is 4.79 Å². The molecule has 1 N–H and O–H groups in total. The Morgan fingerprint density at radius 3 is 2.54 bits per heavy atom. The molecule has 0 aliphatic heterocycles. The molecule has 0 saturated heterocycles. The average Bonchev–Trinajstić information content (AvgIpc) is 2.67. The summed E-state index contributed by atoms with van der Waals surface area (Å²) < 4.78 is 1.12. The van der Waals surface area contributed by atoms with Crippen LogP contribution in [0.2, 0.25) is 5.02 Å². The molecule has 3 aromatic rings. The summed E-state index contributed by atoms with van der Waals surface area (Å²) in [6.07, 6.45) is 0. The molecule has 0 aliphatic carbocycles. The molecule has 0 spiro atoms. The zero-order valence-corrected chi connectivity index (χ0v) is 16.3. The Kier molecular flexibility index (Phi) is 5.80. The van der Waals surface area contributed by atoms with Gasteiger partial charge in [-0.15, -0.1) is 0 Å². The van der Waals surface area contributed by atoms with Gasteiger partial charge in [0.25, 0.3) is 17.0 Å². The van der Waals surface area contributed by atoms with Crippen LogP contribution in [0.15, 0.2) is 70.3 Å². The Balaban J connectivity index is 1.95. The van der Waals surface area contributed by atoms with Gasteiger partial charge in [-0.05, 0) is 49.7 Å². The maximum absolute atomic E-state index is 13.1. The van der Waals surface area contributed by atoms with Crippen LogP contribution in [0.3, 0.4) is 0 Å². The number of nitrogens with one attached hydrogen (secondary N) is 1. The van der Waals surface area contributed by atoms with Crippen molar-refractivity contribution in [3.05, 3.63) is 97.5 Å². The molecule has 2 aromatic carbocycles. The first-order chi connectivity index (χ1) is 13.3. The van der Waals surface area contributed by atoms with Crippen LogP contribution in [0.4, 0.5) is 0 Å². The molecule has 1 amide bonds. The van der Waals surface area contributed by atoms with E-state index in [1.165, 1.54) is 12.1 Å². The van der Waals surface area contributed by atoms with Gasteiger partial charge in [-0.1, -0.05) is 29.8 Å². The molecule has 0 bridgehead atoms. The third kappa shape index (κ3) is 4.40. The summed E-state index contributed by atoms with van der Waals surface area (Å²) in [6, 6.07) is 16.3. The maximum atomic E-state index is 13.1. The van der Waals surface area contributed by atoms with Crippen LogP contribution in [0, 0.1) is 0 Å². The van der Waals surface area contributed by atoms with Crippen LogP contribution >= 0.6 is 11.6 Å². The van der Waals surface area contributed by atoms with Gasteiger partial charge in [0, 0.05) is 35.3 Å². The molecule has 0 fully saturated rings. The Hall–Kier alpha value is -3.12. The molecule has 144 valence electrons. The standard InChI is InChI=1S/C21H20ClN3O3/c1-14(2)24(13-15-5-3-7-17(22)11-15)21(28)16-6-4-8-18(12-16)25-20(27)10-9-19(26)23-25/h3-12,14H,13H2,1-2H3,(H,23,26). The molecule has 28 heavy (non-hydrogen) atoms. The maximum Gasteiger partial charge on any atom is 0.269 e. The molecule has 0 saturated carbocycles. The minimum absolute atomic E-state index is 0.0469. The van der Waals surface area contributed by atoms with Crippen molar-refractivity contribution in [2.24, 2.45) is 0 Å². The van der Waals surface area contributed by atoms with E-state index in [9.17, 15) is 14.4 Å². The second-order valence-electron chi connectivity index (χ2n) is 6.69. The minimum Gasteiger partial charge on any atom is -0.332 e. The molecular weight excluding hydrogens is 378 g/mol. The van der Waals surface area contributed by atoms with Crippen LogP contribution in [0.1, 0.15) is 29.8 Å². The number of amides is 1. The highest BCUT2D eigenvalue weighted by Crippen LogP contribution is 2.18. The van der Waals surface area contributed by atoms with Crippen LogP contribution in [0.5, 0.6) is 0 Å². The summed E-state index contributed by atoms with van der Waals surface area (Å²) in [7, 11) is 0. The van der Waals surface area contributed by atoms with Gasteiger partial charge in [0.2, 0.25) is 0 Å². The average molecular weight is 398 g/mol. The van der Waals surface area contributed by atoms with E-state index in [1.807, 2.05) is 32.0 Å². The molecule has 0 unspecified atom stereocenters. The van der Waals surface area contributed by atoms with Crippen molar-refractivity contribution in [2.75, 3.05) is 0 Å². The Morgan fingerprint density at radius 1 is 1.07 bits per heavy atom. The first kappa shape index (κ1) is 19.6. The predicted octanol–water partition coefficient (Wildman–Crippen LogP) is 3.23. The van der Waals surface area contributed by atoms with E-state index in [0.717, 1.165) is 10.2 Å². The first-order valence-electron chi connectivity index (χ1n) is 8.83. The molecule has 0 atom stereocenters. The quantitative estimate of drug-likeness (QED) is 0.718. The number of hydrogen-bond acceptors (Lipinski definition) is 3. The number of nitrogens with zero attached hydrogens (tertiary/aromatic N) is 2. The fourth-order valence-electron chi connectivity index (χ4n) is 2.88. The van der Waals surface area contributed by atoms with Gasteiger partial charge < -0.3 is 4.90 Å². The number of aromatic amines is 1. The van der Waals surface area contributed by atoms with E-state index in [4.69, 9.17) is 11.6 Å². The number of benzene rings is 2. The van der Waals surface area contributed by atoms with E-state index in [0.29, 0.717) is 22.8 Å². The van der Waals surface area contributed by atoms with Crippen molar-refractivity contribution in [1.82, 2.24) is 14.7 Å². The molecule has 7 heteroatoms. The lowest BCUT2D eigenvalue weighted by Crippen LogP contribution is -2.36. The summed E-state index contributed by atoms with van der Waals surface area (Å²) in [5, 5.41) is 3.08. The van der Waals surface area contributed by atoms with Gasteiger partial charge in [0.05, 0.1) is 5.69 Å². The number of aromatic nitrogens is 2. The monoisotopic (exact) mass is 397 g/mol. The molecular formula is C21H20ClN3O3. The van der Waals surface area contributed by atoms with Gasteiger partial charge in [-0.2, -0.15) is 0 Å². The largest absolute Gasteiger partial charge is 0.332 e. The SMILES string of the molecule is CC(C)N(Cc1cccc(Cl)c1)C(=O)c1cccc(-n2[nH]c(=O)ccc2=O)c1. The number of rotatable bonds is 5.